The van der Waals surface area contributed by atoms with Crippen LogP contribution in [0.3, 0.4) is 0 Å². The van der Waals surface area contributed by atoms with Crippen molar-refractivity contribution >= 4 is 29.0 Å². The average molecular weight is 227 g/mol. The predicted octanol–water partition coefficient (Wildman–Crippen LogP) is 2.35. The molecule has 1 aromatic heterocycles. The Labute approximate surface area is 95.1 Å². The molecule has 1 unspecified atom stereocenters. The third kappa shape index (κ3) is 2.43. The van der Waals surface area contributed by atoms with Gasteiger partial charge in [-0.05, 0) is 30.5 Å². The molecule has 0 spiro atoms. The van der Waals surface area contributed by atoms with Crippen LogP contribution in [-0.4, -0.2) is 15.9 Å². The van der Waals surface area contributed by atoms with E-state index in [-0.39, 0.29) is 12.4 Å². The lowest BCUT2D eigenvalue weighted by Crippen LogP contribution is -2.13. The summed E-state index contributed by atoms with van der Waals surface area (Å²) in [6, 6.07) is 8.11. The van der Waals surface area contributed by atoms with Gasteiger partial charge in [-0.25, -0.2) is 0 Å². The van der Waals surface area contributed by atoms with Crippen molar-refractivity contribution in [2.75, 3.05) is 5.32 Å². The lowest BCUT2D eigenvalue weighted by molar-refractivity contribution is 0.224. The minimum atomic E-state index is -0.521. The Kier molecular flexibility index (Phi) is 3.61. The maximum absolute atomic E-state index is 9.18. The second-order valence-electron chi connectivity index (χ2n) is 3.52. The first kappa shape index (κ1) is 11.9. The number of anilines is 1. The molecule has 0 aliphatic rings. The number of aliphatic hydroxyl groups is 1. The molecular formula is C11H15ClN2O. The van der Waals surface area contributed by atoms with E-state index in [1.54, 1.807) is 6.92 Å². The Morgan fingerprint density at radius 3 is 2.73 bits per heavy atom. The molecule has 4 heteroatoms. The minimum Gasteiger partial charge on any atom is -0.374 e. The standard InChI is InChI=1S/C11H14N2O.ClH/c1-8(14)12-10-4-3-9-5-6-13(2)11(9)7-10;/h3-8,12,14H,1-2H3;1H. The van der Waals surface area contributed by atoms with Gasteiger partial charge < -0.3 is 15.0 Å². The topological polar surface area (TPSA) is 37.2 Å². The Bertz CT molecular complexity index is 451. The van der Waals surface area contributed by atoms with Crippen LogP contribution >= 0.6 is 12.4 Å². The largest absolute Gasteiger partial charge is 0.374 e. The molecule has 82 valence electrons. The summed E-state index contributed by atoms with van der Waals surface area (Å²) >= 11 is 0. The number of aliphatic hydroxyl groups excluding tert-OH is 1. The molecule has 0 amide bonds. The van der Waals surface area contributed by atoms with Gasteiger partial charge in [-0.3, -0.25) is 0 Å². The maximum atomic E-state index is 9.18. The molecule has 0 saturated heterocycles. The number of benzene rings is 1. The fraction of sp³-hybridized carbons (Fsp3) is 0.273. The first-order chi connectivity index (χ1) is 6.66. The smallest absolute Gasteiger partial charge is 0.121 e. The zero-order valence-corrected chi connectivity index (χ0v) is 9.58. The molecule has 1 aromatic carbocycles. The molecular weight excluding hydrogens is 212 g/mol. The van der Waals surface area contributed by atoms with Crippen LogP contribution in [0.2, 0.25) is 0 Å². The van der Waals surface area contributed by atoms with Crippen LogP contribution in [0.4, 0.5) is 5.69 Å². The van der Waals surface area contributed by atoms with Crippen molar-refractivity contribution in [3.05, 3.63) is 30.5 Å². The second kappa shape index (κ2) is 4.55. The third-order valence-corrected chi connectivity index (χ3v) is 2.26. The average Bonchev–Trinajstić information content (AvgIpc) is 2.47. The van der Waals surface area contributed by atoms with Crippen molar-refractivity contribution < 1.29 is 5.11 Å². The number of nitrogens with zero attached hydrogens (tertiary/aromatic N) is 1. The highest BCUT2D eigenvalue weighted by atomic mass is 35.5. The van der Waals surface area contributed by atoms with E-state index in [0.29, 0.717) is 0 Å². The first-order valence-corrected chi connectivity index (χ1v) is 4.66. The van der Waals surface area contributed by atoms with Gasteiger partial charge in [0.2, 0.25) is 0 Å². The van der Waals surface area contributed by atoms with Crippen molar-refractivity contribution in [2.45, 2.75) is 13.2 Å². The lowest BCUT2D eigenvalue weighted by Gasteiger charge is -2.09. The minimum absolute atomic E-state index is 0. The van der Waals surface area contributed by atoms with E-state index in [1.807, 2.05) is 31.4 Å². The van der Waals surface area contributed by atoms with Gasteiger partial charge >= 0.3 is 0 Å². The third-order valence-electron chi connectivity index (χ3n) is 2.26. The van der Waals surface area contributed by atoms with Crippen molar-refractivity contribution in [1.29, 1.82) is 0 Å². The summed E-state index contributed by atoms with van der Waals surface area (Å²) in [4.78, 5) is 0. The Morgan fingerprint density at radius 1 is 1.33 bits per heavy atom. The SMILES string of the molecule is CC(O)Nc1ccc2ccn(C)c2c1.Cl. The molecule has 0 radical (unpaired) electrons. The van der Waals surface area contributed by atoms with Crippen LogP contribution in [0.1, 0.15) is 6.92 Å². The highest BCUT2D eigenvalue weighted by molar-refractivity contribution is 5.85. The lowest BCUT2D eigenvalue weighted by atomic mass is 10.2. The number of fused-ring (bicyclic) bond motifs is 1. The number of nitrogens with one attached hydrogen (secondary N) is 1. The van der Waals surface area contributed by atoms with Gasteiger partial charge in [-0.1, -0.05) is 6.07 Å². The molecule has 2 aromatic rings. The van der Waals surface area contributed by atoms with Crippen molar-refractivity contribution in [2.24, 2.45) is 7.05 Å². The zero-order chi connectivity index (χ0) is 10.1. The summed E-state index contributed by atoms with van der Waals surface area (Å²) in [5.74, 6) is 0. The Balaban J connectivity index is 0.00000112. The van der Waals surface area contributed by atoms with Crippen LogP contribution in [0, 0.1) is 0 Å². The molecule has 1 atom stereocenters. The predicted molar refractivity (Wildman–Crippen MR) is 65.5 cm³/mol. The highest BCUT2D eigenvalue weighted by Crippen LogP contribution is 2.19. The molecule has 0 saturated carbocycles. The van der Waals surface area contributed by atoms with E-state index in [0.717, 1.165) is 11.2 Å². The van der Waals surface area contributed by atoms with Crippen LogP contribution in [0.25, 0.3) is 10.9 Å². The molecule has 3 nitrogen and oxygen atoms in total. The van der Waals surface area contributed by atoms with E-state index in [4.69, 9.17) is 0 Å². The van der Waals surface area contributed by atoms with Crippen LogP contribution in [0.15, 0.2) is 30.5 Å². The summed E-state index contributed by atoms with van der Waals surface area (Å²) in [5.41, 5.74) is 2.10. The van der Waals surface area contributed by atoms with Crippen LogP contribution in [-0.2, 0) is 7.05 Å². The monoisotopic (exact) mass is 226 g/mol. The van der Waals surface area contributed by atoms with E-state index >= 15 is 0 Å². The number of aromatic nitrogens is 1. The van der Waals surface area contributed by atoms with Crippen LogP contribution < -0.4 is 5.32 Å². The van der Waals surface area contributed by atoms with Crippen molar-refractivity contribution in [1.82, 2.24) is 4.57 Å². The van der Waals surface area contributed by atoms with Gasteiger partial charge in [0.25, 0.3) is 0 Å². The number of rotatable bonds is 2. The number of aryl methyl sites for hydroxylation is 1. The maximum Gasteiger partial charge on any atom is 0.121 e. The molecule has 0 fully saturated rings. The number of hydrogen-bond donors (Lipinski definition) is 2. The van der Waals surface area contributed by atoms with Crippen molar-refractivity contribution in [3.63, 3.8) is 0 Å². The fourth-order valence-electron chi connectivity index (χ4n) is 1.59. The van der Waals surface area contributed by atoms with Gasteiger partial charge in [0, 0.05) is 24.4 Å². The van der Waals surface area contributed by atoms with Gasteiger partial charge in [-0.2, -0.15) is 0 Å². The quantitative estimate of drug-likeness (QED) is 0.772. The number of hydrogen-bond acceptors (Lipinski definition) is 2. The fourth-order valence-corrected chi connectivity index (χ4v) is 1.59. The summed E-state index contributed by atoms with van der Waals surface area (Å²) in [6.45, 7) is 1.70. The van der Waals surface area contributed by atoms with E-state index < -0.39 is 6.23 Å². The van der Waals surface area contributed by atoms with E-state index in [9.17, 15) is 5.11 Å². The van der Waals surface area contributed by atoms with E-state index in [2.05, 4.69) is 16.0 Å². The second-order valence-corrected chi connectivity index (χ2v) is 3.52. The molecule has 0 bridgehead atoms. The molecule has 1 heterocycles. The molecule has 15 heavy (non-hydrogen) atoms. The summed E-state index contributed by atoms with van der Waals surface area (Å²) in [6.07, 6.45) is 1.50. The van der Waals surface area contributed by atoms with Gasteiger partial charge in [-0.15, -0.1) is 12.4 Å². The van der Waals surface area contributed by atoms with Gasteiger partial charge in [0.05, 0.1) is 0 Å². The Morgan fingerprint density at radius 2 is 2.07 bits per heavy atom. The normalized spacial score (nSPS) is 12.2. The Hall–Kier alpha value is -1.19. The molecule has 2 rings (SSSR count). The summed E-state index contributed by atoms with van der Waals surface area (Å²) in [5, 5.41) is 13.3. The highest BCUT2D eigenvalue weighted by Gasteiger charge is 2.00. The number of halogens is 1. The zero-order valence-electron chi connectivity index (χ0n) is 8.77. The van der Waals surface area contributed by atoms with Gasteiger partial charge in [0.15, 0.2) is 0 Å². The molecule has 0 aliphatic carbocycles. The molecule has 0 aliphatic heterocycles. The first-order valence-electron chi connectivity index (χ1n) is 4.66. The van der Waals surface area contributed by atoms with Crippen LogP contribution in [0.5, 0.6) is 0 Å². The summed E-state index contributed by atoms with van der Waals surface area (Å²) in [7, 11) is 2.01. The van der Waals surface area contributed by atoms with E-state index in [1.165, 1.54) is 5.39 Å². The van der Waals surface area contributed by atoms with Crippen molar-refractivity contribution in [3.8, 4) is 0 Å². The molecule has 2 N–H and O–H groups in total. The van der Waals surface area contributed by atoms with Gasteiger partial charge in [0.1, 0.15) is 6.23 Å². The summed E-state index contributed by atoms with van der Waals surface area (Å²) < 4.78 is 2.06.